The molecule has 2 aliphatic rings. The molecule has 3 N–H and O–H groups in total. The Labute approximate surface area is 56.8 Å². The molecule has 0 saturated carbocycles. The van der Waals surface area contributed by atoms with Crippen LogP contribution in [0.15, 0.2) is 0 Å². The molecule has 2 fully saturated rings. The summed E-state index contributed by atoms with van der Waals surface area (Å²) in [5.41, 5.74) is 0. The highest BCUT2D eigenvalue weighted by molar-refractivity contribution is 4.93. The number of ether oxygens (including phenoxy) is 2. The van der Waals surface area contributed by atoms with Gasteiger partial charge < -0.3 is 24.8 Å². The Balaban J connectivity index is 2.16. The summed E-state index contributed by atoms with van der Waals surface area (Å²) in [6.45, 7) is 0. The predicted octanol–water partition coefficient (Wildman–Crippen LogP) is -2.22. The molecule has 58 valence electrons. The fraction of sp³-hybridized carbons (Fsp3) is 1.00. The molecule has 2 saturated heterocycles. The predicted molar refractivity (Wildman–Crippen MR) is 27.8 cm³/mol. The third kappa shape index (κ3) is 0.637. The van der Waals surface area contributed by atoms with Gasteiger partial charge in [-0.25, -0.2) is 0 Å². The second-order valence-electron chi connectivity index (χ2n) is 2.48. The van der Waals surface area contributed by atoms with Gasteiger partial charge in [0.1, 0.15) is 18.3 Å². The molecule has 5 nitrogen and oxygen atoms in total. The Morgan fingerprint density at radius 3 is 2.00 bits per heavy atom. The van der Waals surface area contributed by atoms with E-state index in [4.69, 9.17) is 20.1 Å². The van der Waals surface area contributed by atoms with E-state index in [2.05, 4.69) is 4.74 Å². The zero-order valence-electron chi connectivity index (χ0n) is 5.04. The molecule has 0 aliphatic carbocycles. The smallest absolute Gasteiger partial charge is 0.189 e. The summed E-state index contributed by atoms with van der Waals surface area (Å²) in [5, 5.41) is 26.9. The number of hydrogen-bond acceptors (Lipinski definition) is 5. The Bertz CT molecular complexity index is 147. The van der Waals surface area contributed by atoms with Gasteiger partial charge in [-0.05, 0) is 0 Å². The molecule has 0 aromatic heterocycles. The van der Waals surface area contributed by atoms with Crippen LogP contribution in [0.3, 0.4) is 0 Å². The van der Waals surface area contributed by atoms with Gasteiger partial charge in [0, 0.05) is 0 Å². The summed E-state index contributed by atoms with van der Waals surface area (Å²) in [6, 6.07) is 0. The Hall–Kier alpha value is -0.200. The molecule has 0 radical (unpaired) electrons. The number of fused-ring (bicyclic) bond motifs is 2. The van der Waals surface area contributed by atoms with Crippen molar-refractivity contribution in [3.8, 4) is 0 Å². The van der Waals surface area contributed by atoms with Crippen molar-refractivity contribution >= 4 is 0 Å². The average Bonchev–Trinajstić information content (AvgIpc) is 2.36. The number of rotatable bonds is 0. The van der Waals surface area contributed by atoms with Crippen molar-refractivity contribution in [2.75, 3.05) is 0 Å². The molecule has 2 aliphatic heterocycles. The molecule has 0 unspecified atom stereocenters. The first-order valence-electron chi connectivity index (χ1n) is 3.05. The average molecular weight is 148 g/mol. The van der Waals surface area contributed by atoms with Crippen LogP contribution < -0.4 is 0 Å². The van der Waals surface area contributed by atoms with Crippen molar-refractivity contribution < 1.29 is 24.8 Å². The molecule has 0 aromatic carbocycles. The van der Waals surface area contributed by atoms with Crippen LogP contribution in [0.5, 0.6) is 0 Å². The maximum atomic E-state index is 9.04. The van der Waals surface area contributed by atoms with Gasteiger partial charge in [-0.2, -0.15) is 0 Å². The first-order valence-corrected chi connectivity index (χ1v) is 3.05. The van der Waals surface area contributed by atoms with E-state index in [0.29, 0.717) is 0 Å². The van der Waals surface area contributed by atoms with Gasteiger partial charge in [-0.1, -0.05) is 0 Å². The fourth-order valence-corrected chi connectivity index (χ4v) is 1.23. The molecule has 5 heteroatoms. The normalized spacial score (nSPS) is 59.7. The third-order valence-electron chi connectivity index (χ3n) is 1.81. The van der Waals surface area contributed by atoms with Gasteiger partial charge in [0.05, 0.1) is 0 Å². The number of aliphatic hydroxyl groups is 3. The summed E-state index contributed by atoms with van der Waals surface area (Å²) in [6.07, 6.45) is -4.76. The van der Waals surface area contributed by atoms with Gasteiger partial charge >= 0.3 is 0 Å². The Morgan fingerprint density at radius 2 is 1.60 bits per heavy atom. The molecule has 10 heavy (non-hydrogen) atoms. The molecule has 2 bridgehead atoms. The molecule has 2 heterocycles. The number of hydrogen-bond donors (Lipinski definition) is 3. The Kier molecular flexibility index (Phi) is 1.23. The van der Waals surface area contributed by atoms with E-state index in [1.54, 1.807) is 0 Å². The Morgan fingerprint density at radius 1 is 0.900 bits per heavy atom. The van der Waals surface area contributed by atoms with E-state index in [9.17, 15) is 0 Å². The van der Waals surface area contributed by atoms with Gasteiger partial charge in [0.2, 0.25) is 0 Å². The first-order chi connectivity index (χ1) is 4.70. The summed E-state index contributed by atoms with van der Waals surface area (Å²) in [7, 11) is 0. The summed E-state index contributed by atoms with van der Waals surface area (Å²) in [4.78, 5) is 0. The molecule has 0 amide bonds. The zero-order valence-corrected chi connectivity index (χ0v) is 5.04. The topological polar surface area (TPSA) is 79.2 Å². The highest BCUT2D eigenvalue weighted by atomic mass is 16.8. The lowest BCUT2D eigenvalue weighted by Crippen LogP contribution is -2.45. The summed E-state index contributed by atoms with van der Waals surface area (Å²) in [5.74, 6) is 0. The van der Waals surface area contributed by atoms with Crippen molar-refractivity contribution in [1.82, 2.24) is 0 Å². The highest BCUT2D eigenvalue weighted by Crippen LogP contribution is 2.32. The molecule has 2 rings (SSSR count). The van der Waals surface area contributed by atoms with E-state index in [1.165, 1.54) is 0 Å². The maximum Gasteiger partial charge on any atom is 0.189 e. The zero-order chi connectivity index (χ0) is 7.30. The van der Waals surface area contributed by atoms with Crippen molar-refractivity contribution in [1.29, 1.82) is 0 Å². The monoisotopic (exact) mass is 148 g/mol. The quantitative estimate of drug-likeness (QED) is 0.362. The molecular formula is C5H8O5. The standard InChI is InChI=1S/C5H8O5/c6-1-2(7)5-9-3(1)4(8)10-5/h1-8H/t1-,2+,3+,4+,5+/m1/s1. The fourth-order valence-electron chi connectivity index (χ4n) is 1.23. The molecular weight excluding hydrogens is 140 g/mol. The van der Waals surface area contributed by atoms with Gasteiger partial charge in [-0.3, -0.25) is 0 Å². The van der Waals surface area contributed by atoms with E-state index in [-0.39, 0.29) is 0 Å². The highest BCUT2D eigenvalue weighted by Gasteiger charge is 2.54. The molecule has 0 aromatic rings. The van der Waals surface area contributed by atoms with Crippen molar-refractivity contribution in [3.63, 3.8) is 0 Å². The van der Waals surface area contributed by atoms with Gasteiger partial charge in [-0.15, -0.1) is 0 Å². The van der Waals surface area contributed by atoms with Crippen LogP contribution in [0.2, 0.25) is 0 Å². The lowest BCUT2D eigenvalue weighted by Gasteiger charge is -2.22. The van der Waals surface area contributed by atoms with Crippen molar-refractivity contribution in [2.45, 2.75) is 30.9 Å². The van der Waals surface area contributed by atoms with Crippen LogP contribution in [0.25, 0.3) is 0 Å². The lowest BCUT2D eigenvalue weighted by atomic mass is 10.1. The first kappa shape index (κ1) is 6.51. The van der Waals surface area contributed by atoms with E-state index < -0.39 is 30.9 Å². The molecule has 0 spiro atoms. The van der Waals surface area contributed by atoms with Crippen LogP contribution in [0.4, 0.5) is 0 Å². The van der Waals surface area contributed by atoms with Crippen LogP contribution in [0, 0.1) is 0 Å². The van der Waals surface area contributed by atoms with Gasteiger partial charge in [0.15, 0.2) is 12.6 Å². The summed E-state index contributed by atoms with van der Waals surface area (Å²) < 4.78 is 9.50. The minimum atomic E-state index is -1.09. The third-order valence-corrected chi connectivity index (χ3v) is 1.81. The van der Waals surface area contributed by atoms with E-state index >= 15 is 0 Å². The maximum absolute atomic E-state index is 9.04. The largest absolute Gasteiger partial charge is 0.387 e. The van der Waals surface area contributed by atoms with E-state index in [0.717, 1.165) is 0 Å². The minimum Gasteiger partial charge on any atom is -0.387 e. The minimum absolute atomic E-state index is 0.778. The lowest BCUT2D eigenvalue weighted by molar-refractivity contribution is -0.190. The van der Waals surface area contributed by atoms with E-state index in [1.807, 2.05) is 0 Å². The van der Waals surface area contributed by atoms with Gasteiger partial charge in [0.25, 0.3) is 0 Å². The summed E-state index contributed by atoms with van der Waals surface area (Å²) >= 11 is 0. The second kappa shape index (κ2) is 1.90. The van der Waals surface area contributed by atoms with Crippen LogP contribution in [-0.2, 0) is 9.47 Å². The van der Waals surface area contributed by atoms with Crippen molar-refractivity contribution in [2.24, 2.45) is 0 Å². The molecule has 5 atom stereocenters. The van der Waals surface area contributed by atoms with Crippen LogP contribution in [0.1, 0.15) is 0 Å². The van der Waals surface area contributed by atoms with Crippen LogP contribution >= 0.6 is 0 Å². The van der Waals surface area contributed by atoms with Crippen LogP contribution in [-0.4, -0.2) is 46.2 Å². The van der Waals surface area contributed by atoms with Crippen molar-refractivity contribution in [3.05, 3.63) is 0 Å². The second-order valence-corrected chi connectivity index (χ2v) is 2.48. The number of aliphatic hydroxyl groups excluding tert-OH is 3. The SMILES string of the molecule is O[C@@H]1[C@H]2O[C@@H]([C@@H]1O)[C@@H](O)O2.